The number of unbranched alkanes of at least 4 members (excludes halogenated alkanes) is 2. The summed E-state index contributed by atoms with van der Waals surface area (Å²) in [5.74, 6) is -0.329. The molecule has 0 spiro atoms. The van der Waals surface area contributed by atoms with Gasteiger partial charge in [-0.2, -0.15) is 0 Å². The van der Waals surface area contributed by atoms with Crippen LogP contribution in [0.5, 0.6) is 11.5 Å². The fraction of sp³-hybridized carbons (Fsp3) is 0.448. The maximum atomic E-state index is 13.2. The van der Waals surface area contributed by atoms with Crippen molar-refractivity contribution in [2.24, 2.45) is 0 Å². The highest BCUT2D eigenvalue weighted by Gasteiger charge is 2.46. The molecule has 1 fully saturated rings. The minimum absolute atomic E-state index is 0.0874. The van der Waals surface area contributed by atoms with Crippen molar-refractivity contribution in [2.45, 2.75) is 46.1 Å². The Kier molecular flexibility index (Phi) is 9.94. The number of aliphatic hydroxyl groups is 1. The number of ether oxygens (including phenoxy) is 2. The summed E-state index contributed by atoms with van der Waals surface area (Å²) in [6.07, 6.45) is 3.14. The van der Waals surface area contributed by atoms with Crippen molar-refractivity contribution in [3.63, 3.8) is 0 Å². The van der Waals surface area contributed by atoms with Crippen molar-refractivity contribution in [3.05, 3.63) is 65.2 Å². The standard InChI is InChI=1S/C29H38N2O5/c1-5-8-12-19-36-23-16-15-22(20-24(23)35-4)26-25(27(32)21-13-10-9-11-14-21)28(33)29(34)31(26)18-17-30(6-2)7-3/h9-11,13-16,20,26,32H,5-8,12,17-19H2,1-4H3. The number of likely N-dealkylation sites (N-methyl/N-ethyl adjacent to an activating group) is 1. The highest BCUT2D eigenvalue weighted by molar-refractivity contribution is 6.46. The van der Waals surface area contributed by atoms with Crippen LogP contribution in [0.1, 0.15) is 57.2 Å². The van der Waals surface area contributed by atoms with Gasteiger partial charge in [-0.3, -0.25) is 9.59 Å². The topological polar surface area (TPSA) is 79.3 Å². The molecule has 1 atom stereocenters. The van der Waals surface area contributed by atoms with Crippen LogP contribution < -0.4 is 9.47 Å². The van der Waals surface area contributed by atoms with Gasteiger partial charge in [0.2, 0.25) is 0 Å². The summed E-state index contributed by atoms with van der Waals surface area (Å²) >= 11 is 0. The molecule has 1 unspecified atom stereocenters. The number of methoxy groups -OCH3 is 1. The molecule has 1 aliphatic rings. The Hall–Kier alpha value is -3.32. The summed E-state index contributed by atoms with van der Waals surface area (Å²) in [5, 5.41) is 11.2. The van der Waals surface area contributed by atoms with Gasteiger partial charge in [-0.1, -0.05) is 70.0 Å². The molecule has 7 nitrogen and oxygen atoms in total. The summed E-state index contributed by atoms with van der Waals surface area (Å²) < 4.78 is 11.5. The number of amides is 1. The Morgan fingerprint density at radius 3 is 2.36 bits per heavy atom. The van der Waals surface area contributed by atoms with Gasteiger partial charge in [-0.25, -0.2) is 0 Å². The van der Waals surface area contributed by atoms with Crippen LogP contribution in [0.2, 0.25) is 0 Å². The predicted octanol–water partition coefficient (Wildman–Crippen LogP) is 5.03. The molecule has 1 heterocycles. The van der Waals surface area contributed by atoms with E-state index in [9.17, 15) is 14.7 Å². The van der Waals surface area contributed by atoms with Crippen LogP contribution in [0.3, 0.4) is 0 Å². The fourth-order valence-electron chi connectivity index (χ4n) is 4.51. The van der Waals surface area contributed by atoms with E-state index in [1.54, 1.807) is 42.3 Å². The Morgan fingerprint density at radius 1 is 1.00 bits per heavy atom. The van der Waals surface area contributed by atoms with Crippen LogP contribution in [-0.4, -0.2) is 66.5 Å². The third-order valence-electron chi connectivity index (χ3n) is 6.65. The lowest BCUT2D eigenvalue weighted by atomic mass is 9.95. The smallest absolute Gasteiger partial charge is 0.295 e. The van der Waals surface area contributed by atoms with Crippen molar-refractivity contribution < 1.29 is 24.2 Å². The van der Waals surface area contributed by atoms with E-state index in [-0.39, 0.29) is 11.3 Å². The average Bonchev–Trinajstić information content (AvgIpc) is 3.16. The molecule has 2 aromatic rings. The quantitative estimate of drug-likeness (QED) is 0.182. The molecule has 36 heavy (non-hydrogen) atoms. The third-order valence-corrected chi connectivity index (χ3v) is 6.65. The van der Waals surface area contributed by atoms with E-state index in [4.69, 9.17) is 9.47 Å². The van der Waals surface area contributed by atoms with Gasteiger partial charge in [0.05, 0.1) is 25.3 Å². The Morgan fingerprint density at radius 2 is 1.72 bits per heavy atom. The Balaban J connectivity index is 2.04. The number of benzene rings is 2. The molecule has 1 aliphatic heterocycles. The van der Waals surface area contributed by atoms with E-state index in [0.29, 0.717) is 42.3 Å². The zero-order valence-corrected chi connectivity index (χ0v) is 21.8. The minimum Gasteiger partial charge on any atom is -0.507 e. The highest BCUT2D eigenvalue weighted by Crippen LogP contribution is 2.42. The van der Waals surface area contributed by atoms with Crippen molar-refractivity contribution in [2.75, 3.05) is 39.9 Å². The van der Waals surface area contributed by atoms with Crippen molar-refractivity contribution in [1.82, 2.24) is 9.80 Å². The van der Waals surface area contributed by atoms with E-state index in [1.807, 2.05) is 18.2 Å². The molecule has 0 radical (unpaired) electrons. The Labute approximate surface area is 214 Å². The second kappa shape index (κ2) is 13.1. The van der Waals surface area contributed by atoms with Crippen LogP contribution in [-0.2, 0) is 9.59 Å². The molecule has 2 aromatic carbocycles. The van der Waals surface area contributed by atoms with Crippen LogP contribution in [0, 0.1) is 0 Å². The molecule has 194 valence electrons. The molecular formula is C29H38N2O5. The molecule has 0 saturated carbocycles. The molecule has 3 rings (SSSR count). The van der Waals surface area contributed by atoms with Crippen molar-refractivity contribution >= 4 is 17.4 Å². The molecule has 0 aliphatic carbocycles. The second-order valence-corrected chi connectivity index (χ2v) is 8.85. The molecular weight excluding hydrogens is 456 g/mol. The largest absolute Gasteiger partial charge is 0.507 e. The minimum atomic E-state index is -0.733. The lowest BCUT2D eigenvalue weighted by Crippen LogP contribution is -2.38. The lowest BCUT2D eigenvalue weighted by Gasteiger charge is -2.28. The summed E-state index contributed by atoms with van der Waals surface area (Å²) in [7, 11) is 1.57. The van der Waals surface area contributed by atoms with Gasteiger partial charge in [0.1, 0.15) is 5.76 Å². The maximum Gasteiger partial charge on any atom is 0.295 e. The first-order valence-corrected chi connectivity index (χ1v) is 12.8. The molecule has 1 amide bonds. The molecule has 0 bridgehead atoms. The number of nitrogens with zero attached hydrogens (tertiary/aromatic N) is 2. The summed E-state index contributed by atoms with van der Waals surface area (Å²) in [5.41, 5.74) is 1.26. The number of ketones is 1. The van der Waals surface area contributed by atoms with E-state index in [0.717, 1.165) is 32.4 Å². The average molecular weight is 495 g/mol. The van der Waals surface area contributed by atoms with Gasteiger partial charge in [0.25, 0.3) is 11.7 Å². The van der Waals surface area contributed by atoms with E-state index in [2.05, 4.69) is 25.7 Å². The highest BCUT2D eigenvalue weighted by atomic mass is 16.5. The maximum absolute atomic E-state index is 13.2. The van der Waals surface area contributed by atoms with Crippen LogP contribution in [0.15, 0.2) is 54.1 Å². The number of carbonyl (C=O) groups is 2. The number of hydrogen-bond acceptors (Lipinski definition) is 6. The zero-order valence-electron chi connectivity index (χ0n) is 21.8. The number of aliphatic hydroxyl groups excluding tert-OH is 1. The molecule has 7 heteroatoms. The monoisotopic (exact) mass is 494 g/mol. The molecule has 1 saturated heterocycles. The zero-order chi connectivity index (χ0) is 26.1. The summed E-state index contributed by atoms with van der Waals surface area (Å²) in [4.78, 5) is 30.2. The van der Waals surface area contributed by atoms with Gasteiger partial charge in [-0.05, 0) is 37.2 Å². The second-order valence-electron chi connectivity index (χ2n) is 8.85. The lowest BCUT2D eigenvalue weighted by molar-refractivity contribution is -0.140. The van der Waals surface area contributed by atoms with E-state index < -0.39 is 17.7 Å². The van der Waals surface area contributed by atoms with Gasteiger partial charge >= 0.3 is 0 Å². The number of Topliss-reactive ketones (excluding diaryl/α,β-unsaturated/α-hetero) is 1. The third kappa shape index (κ3) is 6.08. The number of rotatable bonds is 13. The van der Waals surface area contributed by atoms with Gasteiger partial charge in [-0.15, -0.1) is 0 Å². The van der Waals surface area contributed by atoms with Crippen LogP contribution >= 0.6 is 0 Å². The Bertz CT molecular complexity index is 1060. The van der Waals surface area contributed by atoms with E-state index in [1.165, 1.54) is 0 Å². The van der Waals surface area contributed by atoms with E-state index >= 15 is 0 Å². The van der Waals surface area contributed by atoms with Gasteiger partial charge in [0, 0.05) is 18.7 Å². The normalized spacial score (nSPS) is 17.1. The molecule has 0 aromatic heterocycles. The predicted molar refractivity (Wildman–Crippen MR) is 141 cm³/mol. The molecule has 1 N–H and O–H groups in total. The van der Waals surface area contributed by atoms with Crippen molar-refractivity contribution in [3.8, 4) is 11.5 Å². The first-order chi connectivity index (χ1) is 17.5. The fourth-order valence-corrected chi connectivity index (χ4v) is 4.51. The first-order valence-electron chi connectivity index (χ1n) is 12.8. The van der Waals surface area contributed by atoms with Crippen LogP contribution in [0.4, 0.5) is 0 Å². The number of hydrogen-bond donors (Lipinski definition) is 1. The number of carbonyl (C=O) groups excluding carboxylic acids is 2. The van der Waals surface area contributed by atoms with Crippen LogP contribution in [0.25, 0.3) is 5.76 Å². The summed E-state index contributed by atoms with van der Waals surface area (Å²) in [6, 6.07) is 13.6. The van der Waals surface area contributed by atoms with Gasteiger partial charge < -0.3 is 24.4 Å². The summed E-state index contributed by atoms with van der Waals surface area (Å²) in [6.45, 7) is 9.52. The first kappa shape index (κ1) is 27.3. The SMILES string of the molecule is CCCCCOc1ccc(C2C(=C(O)c3ccccc3)C(=O)C(=O)N2CCN(CC)CC)cc1OC. The van der Waals surface area contributed by atoms with Crippen molar-refractivity contribution in [1.29, 1.82) is 0 Å². The number of likely N-dealkylation sites (tertiary alicyclic amines) is 1. The van der Waals surface area contributed by atoms with Gasteiger partial charge in [0.15, 0.2) is 11.5 Å².